The van der Waals surface area contributed by atoms with Crippen LogP contribution in [0.5, 0.6) is 0 Å². The second-order valence-corrected chi connectivity index (χ2v) is 8.87. The van der Waals surface area contributed by atoms with Crippen molar-refractivity contribution in [3.8, 4) is 0 Å². The smallest absolute Gasteiger partial charge is 0.294 e. The molecule has 0 radical (unpaired) electrons. The third kappa shape index (κ3) is 3.44. The predicted molar refractivity (Wildman–Crippen MR) is 120 cm³/mol. The number of benzene rings is 2. The summed E-state index contributed by atoms with van der Waals surface area (Å²) in [6.07, 6.45) is 3.53. The summed E-state index contributed by atoms with van der Waals surface area (Å²) in [6, 6.07) is 5.33. The minimum atomic E-state index is -0.564. The average molecular weight is 557 g/mol. The molecule has 10 heteroatoms. The summed E-state index contributed by atoms with van der Waals surface area (Å²) in [5.74, 6) is -1.03. The lowest BCUT2D eigenvalue weighted by Gasteiger charge is -2.11. The van der Waals surface area contributed by atoms with Gasteiger partial charge in [-0.1, -0.05) is 11.6 Å². The monoisotopic (exact) mass is 554 g/mol. The van der Waals surface area contributed by atoms with Crippen molar-refractivity contribution in [3.05, 3.63) is 83.6 Å². The zero-order valence-corrected chi connectivity index (χ0v) is 19.7. The second kappa shape index (κ2) is 7.79. The lowest BCUT2D eigenvalue weighted by molar-refractivity contribution is 0.103. The number of aromatic nitrogens is 4. The standard InChI is InChI=1S/C20H14Br2ClFN4O2/c1-26-8-10(7-25-26)9-28-15-6-13(21)16(17(22)18(15)27(2)20(28)30)19(29)12-5-11(24)3-4-14(12)23/h3-8H,9H2,1-2H3. The molecule has 0 bridgehead atoms. The van der Waals surface area contributed by atoms with Gasteiger partial charge in [-0.25, -0.2) is 9.18 Å². The molecule has 4 rings (SSSR count). The van der Waals surface area contributed by atoms with Gasteiger partial charge in [0.2, 0.25) is 0 Å². The summed E-state index contributed by atoms with van der Waals surface area (Å²) in [5.41, 5.74) is 2.09. The molecule has 0 amide bonds. The van der Waals surface area contributed by atoms with Crippen molar-refractivity contribution < 1.29 is 9.18 Å². The van der Waals surface area contributed by atoms with E-state index in [2.05, 4.69) is 37.0 Å². The number of nitrogens with zero attached hydrogens (tertiary/aromatic N) is 4. The normalized spacial score (nSPS) is 11.4. The van der Waals surface area contributed by atoms with Crippen molar-refractivity contribution in [2.75, 3.05) is 0 Å². The van der Waals surface area contributed by atoms with Crippen LogP contribution in [0.2, 0.25) is 5.02 Å². The van der Waals surface area contributed by atoms with Crippen LogP contribution in [0.15, 0.2) is 50.4 Å². The van der Waals surface area contributed by atoms with Crippen molar-refractivity contribution in [1.82, 2.24) is 18.9 Å². The van der Waals surface area contributed by atoms with Crippen LogP contribution in [0.4, 0.5) is 4.39 Å². The van der Waals surface area contributed by atoms with Crippen LogP contribution in [0.25, 0.3) is 11.0 Å². The summed E-state index contributed by atoms with van der Waals surface area (Å²) in [7, 11) is 3.44. The Morgan fingerprint density at radius 1 is 1.23 bits per heavy atom. The fourth-order valence-corrected chi connectivity index (χ4v) is 5.33. The van der Waals surface area contributed by atoms with Gasteiger partial charge in [-0.05, 0) is 56.1 Å². The van der Waals surface area contributed by atoms with Gasteiger partial charge in [0.15, 0.2) is 5.78 Å². The highest BCUT2D eigenvalue weighted by Gasteiger charge is 2.25. The largest absolute Gasteiger partial charge is 0.329 e. The van der Waals surface area contributed by atoms with Crippen LogP contribution in [0.3, 0.4) is 0 Å². The summed E-state index contributed by atoms with van der Waals surface area (Å²) >= 11 is 13.1. The number of hydrogen-bond donors (Lipinski definition) is 0. The number of ketones is 1. The Morgan fingerprint density at radius 3 is 2.63 bits per heavy atom. The number of rotatable bonds is 4. The van der Waals surface area contributed by atoms with Crippen molar-refractivity contribution in [3.63, 3.8) is 0 Å². The maximum atomic E-state index is 13.7. The summed E-state index contributed by atoms with van der Waals surface area (Å²) < 4.78 is 19.3. The zero-order valence-electron chi connectivity index (χ0n) is 15.8. The third-order valence-electron chi connectivity index (χ3n) is 4.82. The van der Waals surface area contributed by atoms with Crippen molar-refractivity contribution >= 4 is 60.3 Å². The number of imidazole rings is 1. The van der Waals surface area contributed by atoms with Gasteiger partial charge in [-0.2, -0.15) is 5.10 Å². The number of carbonyl (C=O) groups excluding carboxylic acids is 1. The van der Waals surface area contributed by atoms with Gasteiger partial charge in [-0.3, -0.25) is 18.6 Å². The first-order valence-electron chi connectivity index (χ1n) is 8.73. The van der Waals surface area contributed by atoms with Crippen LogP contribution < -0.4 is 5.69 Å². The van der Waals surface area contributed by atoms with Crippen LogP contribution in [-0.4, -0.2) is 24.7 Å². The van der Waals surface area contributed by atoms with Crippen LogP contribution in [-0.2, 0) is 20.6 Å². The van der Waals surface area contributed by atoms with Crippen molar-refractivity contribution in [1.29, 1.82) is 0 Å². The first kappa shape index (κ1) is 21.0. The number of carbonyl (C=O) groups is 1. The van der Waals surface area contributed by atoms with Crippen LogP contribution >= 0.6 is 43.5 Å². The number of halogens is 4. The molecule has 4 aromatic rings. The highest BCUT2D eigenvalue weighted by Crippen LogP contribution is 2.36. The molecule has 6 nitrogen and oxygen atoms in total. The fraction of sp³-hybridized carbons (Fsp3) is 0.150. The molecule has 0 unspecified atom stereocenters. The molecular formula is C20H14Br2ClFN4O2. The molecule has 0 aliphatic carbocycles. The van der Waals surface area contributed by atoms with Crippen molar-refractivity contribution in [2.45, 2.75) is 6.54 Å². The Balaban J connectivity index is 1.92. The molecule has 0 fully saturated rings. The third-order valence-corrected chi connectivity index (χ3v) is 6.54. The highest BCUT2D eigenvalue weighted by atomic mass is 79.9. The zero-order chi connectivity index (χ0) is 21.7. The quantitative estimate of drug-likeness (QED) is 0.344. The molecule has 0 saturated carbocycles. The van der Waals surface area contributed by atoms with Gasteiger partial charge < -0.3 is 0 Å². The van der Waals surface area contributed by atoms with E-state index in [1.54, 1.807) is 35.6 Å². The molecule has 30 heavy (non-hydrogen) atoms. The van der Waals surface area contributed by atoms with E-state index in [0.29, 0.717) is 26.5 Å². The van der Waals surface area contributed by atoms with E-state index >= 15 is 0 Å². The summed E-state index contributed by atoms with van der Waals surface area (Å²) in [5, 5.41) is 4.28. The topological polar surface area (TPSA) is 61.8 Å². The Kier molecular flexibility index (Phi) is 5.46. The number of hydrogen-bond acceptors (Lipinski definition) is 3. The molecule has 0 saturated heterocycles. The van der Waals surface area contributed by atoms with Gasteiger partial charge in [0.05, 0.1) is 38.8 Å². The fourth-order valence-electron chi connectivity index (χ4n) is 3.40. The minimum absolute atomic E-state index is 0.0391. The predicted octanol–water partition coefficient (Wildman–Crippen LogP) is 4.67. The van der Waals surface area contributed by atoms with E-state index in [1.807, 2.05) is 6.20 Å². The van der Waals surface area contributed by atoms with Gasteiger partial charge in [0.25, 0.3) is 0 Å². The van der Waals surface area contributed by atoms with E-state index in [4.69, 9.17) is 11.6 Å². The van der Waals surface area contributed by atoms with Crippen molar-refractivity contribution in [2.24, 2.45) is 14.1 Å². The van der Waals surface area contributed by atoms with E-state index in [-0.39, 0.29) is 21.8 Å². The van der Waals surface area contributed by atoms with Gasteiger partial charge in [-0.15, -0.1) is 0 Å². The summed E-state index contributed by atoms with van der Waals surface area (Å²) in [6.45, 7) is 0.325. The number of aryl methyl sites for hydroxylation is 2. The molecule has 0 aliphatic rings. The maximum Gasteiger partial charge on any atom is 0.329 e. The average Bonchev–Trinajstić information content (AvgIpc) is 3.20. The minimum Gasteiger partial charge on any atom is -0.294 e. The molecule has 2 heterocycles. The first-order valence-corrected chi connectivity index (χ1v) is 10.7. The molecule has 2 aromatic carbocycles. The highest BCUT2D eigenvalue weighted by molar-refractivity contribution is 9.11. The van der Waals surface area contributed by atoms with Gasteiger partial charge in [0.1, 0.15) is 5.82 Å². The molecule has 0 spiro atoms. The van der Waals surface area contributed by atoms with Crippen LogP contribution in [0.1, 0.15) is 21.5 Å². The Hall–Kier alpha value is -2.23. The SMILES string of the molecule is Cn1cc(Cn2c(=O)n(C)c3c(Br)c(C(=O)c4cc(F)ccc4Cl)c(Br)cc32)cn1. The van der Waals surface area contributed by atoms with E-state index < -0.39 is 11.6 Å². The number of fused-ring (bicyclic) bond motifs is 1. The second-order valence-electron chi connectivity index (χ2n) is 6.82. The van der Waals surface area contributed by atoms with E-state index in [9.17, 15) is 14.0 Å². The lowest BCUT2D eigenvalue weighted by atomic mass is 10.0. The molecule has 0 N–H and O–H groups in total. The maximum absolute atomic E-state index is 13.7. The molecule has 0 aliphatic heterocycles. The van der Waals surface area contributed by atoms with E-state index in [1.165, 1.54) is 16.7 Å². The Bertz CT molecular complexity index is 1390. The van der Waals surface area contributed by atoms with Gasteiger partial charge in [0, 0.05) is 35.9 Å². The molecular weight excluding hydrogens is 543 g/mol. The van der Waals surface area contributed by atoms with Gasteiger partial charge >= 0.3 is 5.69 Å². The molecule has 2 aromatic heterocycles. The first-order chi connectivity index (χ1) is 14.2. The molecule has 0 atom stereocenters. The molecule has 154 valence electrons. The Labute approximate surface area is 192 Å². The summed E-state index contributed by atoms with van der Waals surface area (Å²) in [4.78, 5) is 26.1. The lowest BCUT2D eigenvalue weighted by Crippen LogP contribution is -2.22. The van der Waals surface area contributed by atoms with E-state index in [0.717, 1.165) is 11.6 Å². The Morgan fingerprint density at radius 2 is 1.97 bits per heavy atom. The van der Waals surface area contributed by atoms with Crippen LogP contribution in [0, 0.1) is 5.82 Å².